The highest BCUT2D eigenvalue weighted by Gasteiger charge is 2.17. The standard InChI is InChI=1S/C15H15N3O2S3/c1-2-9-21-15-17-16-14(22-15)18-23(19,20)13-8-7-11-5-3-4-6-12(11)10-13/h3-8,10H,2,9H2,1H3,(H,16,18). The minimum absolute atomic E-state index is 0.217. The first-order valence-corrected chi connectivity index (χ1v) is 10.3. The molecule has 0 aliphatic heterocycles. The van der Waals surface area contributed by atoms with Crippen LogP contribution in [0.2, 0.25) is 0 Å². The first kappa shape index (κ1) is 16.2. The number of thioether (sulfide) groups is 1. The maximum absolute atomic E-state index is 12.5. The molecule has 1 N–H and O–H groups in total. The van der Waals surface area contributed by atoms with Crippen molar-refractivity contribution in [3.05, 3.63) is 42.5 Å². The van der Waals surface area contributed by atoms with E-state index < -0.39 is 10.0 Å². The number of rotatable bonds is 6. The van der Waals surface area contributed by atoms with Gasteiger partial charge in [-0.25, -0.2) is 8.42 Å². The summed E-state index contributed by atoms with van der Waals surface area (Å²) >= 11 is 2.82. The van der Waals surface area contributed by atoms with Gasteiger partial charge in [0.15, 0.2) is 4.34 Å². The fourth-order valence-electron chi connectivity index (χ4n) is 2.01. The van der Waals surface area contributed by atoms with E-state index in [-0.39, 0.29) is 10.0 Å². The van der Waals surface area contributed by atoms with Gasteiger partial charge in [-0.2, -0.15) is 0 Å². The van der Waals surface area contributed by atoms with Crippen LogP contribution in [0, 0.1) is 0 Å². The molecule has 0 atom stereocenters. The van der Waals surface area contributed by atoms with Crippen molar-refractivity contribution < 1.29 is 8.42 Å². The van der Waals surface area contributed by atoms with Crippen LogP contribution in [0.15, 0.2) is 51.7 Å². The van der Waals surface area contributed by atoms with Gasteiger partial charge in [0.05, 0.1) is 4.90 Å². The van der Waals surface area contributed by atoms with E-state index in [1.54, 1.807) is 30.0 Å². The summed E-state index contributed by atoms with van der Waals surface area (Å²) in [6.45, 7) is 2.08. The van der Waals surface area contributed by atoms with Gasteiger partial charge in [-0.1, -0.05) is 60.4 Å². The van der Waals surface area contributed by atoms with Crippen LogP contribution < -0.4 is 4.72 Å². The van der Waals surface area contributed by atoms with Crippen LogP contribution in [-0.2, 0) is 10.0 Å². The molecule has 0 fully saturated rings. The molecule has 0 aliphatic rings. The summed E-state index contributed by atoms with van der Waals surface area (Å²) in [5, 5.41) is 10.1. The maximum Gasteiger partial charge on any atom is 0.263 e. The lowest BCUT2D eigenvalue weighted by molar-refractivity contribution is 0.601. The maximum atomic E-state index is 12.5. The molecule has 3 rings (SSSR count). The Morgan fingerprint density at radius 1 is 1.13 bits per heavy atom. The first-order valence-electron chi connectivity index (χ1n) is 7.06. The molecule has 120 valence electrons. The number of fused-ring (bicyclic) bond motifs is 1. The Balaban J connectivity index is 1.83. The van der Waals surface area contributed by atoms with Gasteiger partial charge in [0, 0.05) is 5.75 Å². The predicted octanol–water partition coefficient (Wildman–Crippen LogP) is 3.99. The molecule has 0 aliphatic carbocycles. The van der Waals surface area contributed by atoms with Crippen molar-refractivity contribution in [1.29, 1.82) is 0 Å². The van der Waals surface area contributed by atoms with Crippen LogP contribution in [0.1, 0.15) is 13.3 Å². The van der Waals surface area contributed by atoms with Crippen LogP contribution in [0.4, 0.5) is 5.13 Å². The zero-order valence-electron chi connectivity index (χ0n) is 12.4. The van der Waals surface area contributed by atoms with Crippen LogP contribution in [0.3, 0.4) is 0 Å². The average molecular weight is 366 g/mol. The van der Waals surface area contributed by atoms with Crippen molar-refractivity contribution >= 4 is 49.0 Å². The molecule has 0 radical (unpaired) electrons. The minimum atomic E-state index is -3.66. The molecule has 8 heteroatoms. The normalized spacial score (nSPS) is 11.7. The summed E-state index contributed by atoms with van der Waals surface area (Å²) in [5.41, 5.74) is 0. The Morgan fingerprint density at radius 2 is 1.91 bits per heavy atom. The van der Waals surface area contributed by atoms with Crippen molar-refractivity contribution in [3.8, 4) is 0 Å². The second kappa shape index (κ2) is 6.86. The fourth-order valence-corrected chi connectivity index (χ4v) is 4.95. The molecular weight excluding hydrogens is 350 g/mol. The van der Waals surface area contributed by atoms with Gasteiger partial charge in [-0.15, -0.1) is 10.2 Å². The van der Waals surface area contributed by atoms with Gasteiger partial charge >= 0.3 is 0 Å². The highest BCUT2D eigenvalue weighted by molar-refractivity contribution is 8.01. The molecule has 2 aromatic carbocycles. The van der Waals surface area contributed by atoms with E-state index in [9.17, 15) is 8.42 Å². The van der Waals surface area contributed by atoms with E-state index in [4.69, 9.17) is 0 Å². The summed E-state index contributed by atoms with van der Waals surface area (Å²) in [6.07, 6.45) is 1.03. The third-order valence-corrected chi connectivity index (χ3v) is 6.73. The van der Waals surface area contributed by atoms with Crippen LogP contribution in [0.5, 0.6) is 0 Å². The number of hydrogen-bond acceptors (Lipinski definition) is 6. The molecular formula is C15H15N3O2S3. The van der Waals surface area contributed by atoms with Gasteiger partial charge in [0.1, 0.15) is 0 Å². The smallest absolute Gasteiger partial charge is 0.253 e. The summed E-state index contributed by atoms with van der Waals surface area (Å²) < 4.78 is 28.2. The molecule has 1 heterocycles. The summed E-state index contributed by atoms with van der Waals surface area (Å²) in [4.78, 5) is 0.217. The summed E-state index contributed by atoms with van der Waals surface area (Å²) in [7, 11) is -3.66. The number of nitrogens with zero attached hydrogens (tertiary/aromatic N) is 2. The Kier molecular flexibility index (Phi) is 4.84. The second-order valence-corrected chi connectivity index (χ2v) is 8.84. The fraction of sp³-hybridized carbons (Fsp3) is 0.200. The molecule has 0 unspecified atom stereocenters. The Morgan fingerprint density at radius 3 is 2.70 bits per heavy atom. The molecule has 23 heavy (non-hydrogen) atoms. The Labute approximate surface area is 143 Å². The molecule has 0 bridgehead atoms. The van der Waals surface area contributed by atoms with Crippen molar-refractivity contribution in [2.45, 2.75) is 22.6 Å². The number of hydrogen-bond donors (Lipinski definition) is 1. The number of anilines is 1. The van der Waals surface area contributed by atoms with Crippen molar-refractivity contribution in [3.63, 3.8) is 0 Å². The monoisotopic (exact) mass is 365 g/mol. The van der Waals surface area contributed by atoms with E-state index in [1.807, 2.05) is 24.3 Å². The first-order chi connectivity index (χ1) is 11.1. The van der Waals surface area contributed by atoms with Gasteiger partial charge in [-0.3, -0.25) is 4.72 Å². The van der Waals surface area contributed by atoms with Gasteiger partial charge < -0.3 is 0 Å². The summed E-state index contributed by atoms with van der Waals surface area (Å²) in [6, 6.07) is 12.7. The molecule has 3 aromatic rings. The lowest BCUT2D eigenvalue weighted by Crippen LogP contribution is -2.12. The SMILES string of the molecule is CCCSc1nnc(NS(=O)(=O)c2ccc3ccccc3c2)s1. The largest absolute Gasteiger partial charge is 0.263 e. The Hall–Kier alpha value is -1.64. The van der Waals surface area contributed by atoms with Gasteiger partial charge in [0.25, 0.3) is 10.0 Å². The zero-order chi connectivity index (χ0) is 16.3. The lowest BCUT2D eigenvalue weighted by atomic mass is 10.1. The molecule has 5 nitrogen and oxygen atoms in total. The summed E-state index contributed by atoms with van der Waals surface area (Å²) in [5.74, 6) is 0.937. The Bertz CT molecular complexity index is 922. The topological polar surface area (TPSA) is 72.0 Å². The highest BCUT2D eigenvalue weighted by atomic mass is 32.2. The van der Waals surface area contributed by atoms with E-state index >= 15 is 0 Å². The van der Waals surface area contributed by atoms with Crippen LogP contribution in [-0.4, -0.2) is 24.4 Å². The molecule has 1 aromatic heterocycles. The number of aromatic nitrogens is 2. The van der Waals surface area contributed by atoms with Crippen LogP contribution in [0.25, 0.3) is 10.8 Å². The van der Waals surface area contributed by atoms with Crippen molar-refractivity contribution in [2.75, 3.05) is 10.5 Å². The lowest BCUT2D eigenvalue weighted by Gasteiger charge is -2.06. The van der Waals surface area contributed by atoms with Gasteiger partial charge in [-0.05, 0) is 29.3 Å². The zero-order valence-corrected chi connectivity index (χ0v) is 14.8. The number of benzene rings is 2. The second-order valence-electron chi connectivity index (χ2n) is 4.84. The van der Waals surface area contributed by atoms with E-state index in [0.29, 0.717) is 0 Å². The predicted molar refractivity (Wildman–Crippen MR) is 95.7 cm³/mol. The van der Waals surface area contributed by atoms with Crippen molar-refractivity contribution in [1.82, 2.24) is 10.2 Å². The van der Waals surface area contributed by atoms with E-state index in [2.05, 4.69) is 21.8 Å². The average Bonchev–Trinajstić information content (AvgIpc) is 2.99. The molecule has 0 spiro atoms. The molecule has 0 amide bonds. The van der Waals surface area contributed by atoms with Crippen molar-refractivity contribution in [2.24, 2.45) is 0 Å². The molecule has 0 saturated carbocycles. The third kappa shape index (κ3) is 3.82. The minimum Gasteiger partial charge on any atom is -0.253 e. The van der Waals surface area contributed by atoms with E-state index in [1.165, 1.54) is 11.3 Å². The number of sulfonamides is 1. The number of nitrogens with one attached hydrogen (secondary N) is 1. The quantitative estimate of drug-likeness (QED) is 0.669. The molecule has 0 saturated heterocycles. The van der Waals surface area contributed by atoms with E-state index in [0.717, 1.165) is 27.3 Å². The third-order valence-electron chi connectivity index (χ3n) is 3.09. The van der Waals surface area contributed by atoms with Crippen LogP contribution >= 0.6 is 23.1 Å². The highest BCUT2D eigenvalue weighted by Crippen LogP contribution is 2.28. The van der Waals surface area contributed by atoms with Gasteiger partial charge in [0.2, 0.25) is 5.13 Å².